The molecule has 5 heteroatoms. The zero-order valence-corrected chi connectivity index (χ0v) is 36.6. The van der Waals surface area contributed by atoms with Crippen molar-refractivity contribution in [1.82, 2.24) is 0 Å². The molecule has 0 fully saturated rings. The third-order valence-electron chi connectivity index (χ3n) is 8.85. The van der Waals surface area contributed by atoms with Gasteiger partial charge < -0.3 is 24.8 Å². The van der Waals surface area contributed by atoms with Gasteiger partial charge in [0.2, 0.25) is 0 Å². The van der Waals surface area contributed by atoms with E-state index in [1.54, 1.807) is 0 Å². The molecule has 1 aliphatic rings. The predicted molar refractivity (Wildman–Crippen MR) is 210 cm³/mol. The quantitative estimate of drug-likeness (QED) is 0.163. The molecule has 0 spiro atoms. The Morgan fingerprint density at radius 1 is 0.640 bits per heavy atom. The van der Waals surface area contributed by atoms with Crippen molar-refractivity contribution in [3.8, 4) is 0 Å². The van der Waals surface area contributed by atoms with Crippen LogP contribution < -0.4 is 24.8 Å². The molecule has 50 heavy (non-hydrogen) atoms. The van der Waals surface area contributed by atoms with Gasteiger partial charge in [-0.15, -0.1) is 39.7 Å². The van der Waals surface area contributed by atoms with E-state index in [1.807, 2.05) is 48.5 Å². The number of hydrogen-bond donors (Lipinski definition) is 0. The summed E-state index contributed by atoms with van der Waals surface area (Å²) in [4.78, 5) is 0. The molecule has 0 N–H and O–H groups in total. The number of rotatable bonds is 3. The average Bonchev–Trinajstić information content (AvgIpc) is 3.66. The molecule has 0 radical (unpaired) electrons. The zero-order valence-electron chi connectivity index (χ0n) is 31.1. The molecule has 6 rings (SSSR count). The first kappa shape index (κ1) is 44.3. The minimum Gasteiger partial charge on any atom is -1.00 e. The van der Waals surface area contributed by atoms with Crippen LogP contribution in [0.4, 0.5) is 0 Å². The van der Waals surface area contributed by atoms with Gasteiger partial charge in [0.25, 0.3) is 0 Å². The van der Waals surface area contributed by atoms with E-state index < -0.39 is 0 Å². The third kappa shape index (κ3) is 11.8. The summed E-state index contributed by atoms with van der Waals surface area (Å²) in [7, 11) is 0. The summed E-state index contributed by atoms with van der Waals surface area (Å²) in [5.41, 5.74) is 7.36. The molecule has 0 amide bonds. The number of benzene rings is 4. The van der Waals surface area contributed by atoms with Crippen LogP contribution in [0.2, 0.25) is 10.0 Å². The zero-order chi connectivity index (χ0) is 35.4. The van der Waals surface area contributed by atoms with Crippen LogP contribution >= 0.6 is 23.2 Å². The maximum Gasteiger partial charge on any atom is -1.00 e. The van der Waals surface area contributed by atoms with Crippen LogP contribution in [0.15, 0.2) is 109 Å². The van der Waals surface area contributed by atoms with Crippen LogP contribution in [0.3, 0.4) is 0 Å². The van der Waals surface area contributed by atoms with Crippen molar-refractivity contribution in [1.29, 1.82) is 0 Å². The number of hydrogen-bond acceptors (Lipinski definition) is 0. The van der Waals surface area contributed by atoms with Crippen molar-refractivity contribution in [2.24, 2.45) is 11.3 Å². The van der Waals surface area contributed by atoms with E-state index in [-0.39, 0.29) is 35.6 Å². The van der Waals surface area contributed by atoms with Gasteiger partial charge in [0.15, 0.2) is 0 Å². The van der Waals surface area contributed by atoms with Gasteiger partial charge in [0.05, 0.1) is 0 Å². The van der Waals surface area contributed by atoms with E-state index in [4.69, 9.17) is 23.2 Å². The molecule has 0 bridgehead atoms. The Bertz CT molecular complexity index is 1810. The van der Waals surface area contributed by atoms with Crippen molar-refractivity contribution in [3.05, 3.63) is 147 Å². The van der Waals surface area contributed by atoms with E-state index in [0.717, 1.165) is 10.0 Å². The second kappa shape index (κ2) is 18.3. The van der Waals surface area contributed by atoms with Gasteiger partial charge in [-0.2, -0.15) is 11.6 Å². The van der Waals surface area contributed by atoms with E-state index in [2.05, 4.69) is 130 Å². The maximum atomic E-state index is 5.86. The fraction of sp³-hybridized carbons (Fsp3) is 0.333. The van der Waals surface area contributed by atoms with Crippen molar-refractivity contribution in [2.75, 3.05) is 0 Å². The van der Waals surface area contributed by atoms with Crippen LogP contribution in [0.5, 0.6) is 0 Å². The maximum absolute atomic E-state index is 5.86. The minimum absolute atomic E-state index is 0. The number of allylic oxidation sites excluding steroid dienone is 4. The molecule has 5 aromatic rings. The van der Waals surface area contributed by atoms with Crippen molar-refractivity contribution < 1.29 is 49.0 Å². The van der Waals surface area contributed by atoms with E-state index >= 15 is 0 Å². The first-order valence-electron chi connectivity index (χ1n) is 16.9. The normalized spacial score (nSPS) is 14.1. The van der Waals surface area contributed by atoms with Crippen LogP contribution in [-0.2, 0) is 35.1 Å². The molecule has 0 aromatic heterocycles. The molecule has 0 saturated carbocycles. The molecule has 0 saturated heterocycles. The molecule has 1 atom stereocenters. The fourth-order valence-corrected chi connectivity index (χ4v) is 6.61. The summed E-state index contributed by atoms with van der Waals surface area (Å²) in [6.07, 6.45) is 9.00. The Kier molecular flexibility index (Phi) is 16.2. The first-order valence-corrected chi connectivity index (χ1v) is 18.9. The topological polar surface area (TPSA) is 0 Å². The van der Waals surface area contributed by atoms with Gasteiger partial charge in [-0.05, 0) is 10.8 Å². The molecule has 0 aliphatic heterocycles. The van der Waals surface area contributed by atoms with Gasteiger partial charge in [0.1, 0.15) is 0 Å². The summed E-state index contributed by atoms with van der Waals surface area (Å²) in [6, 6.07) is 32.0. The summed E-state index contributed by atoms with van der Waals surface area (Å²) >= 11 is 13.1. The van der Waals surface area contributed by atoms with Crippen LogP contribution in [-0.4, -0.2) is 3.21 Å². The minimum atomic E-state index is 0. The monoisotopic (exact) mass is 820 g/mol. The summed E-state index contributed by atoms with van der Waals surface area (Å²) in [5.74, 6) is 0.573. The van der Waals surface area contributed by atoms with E-state index in [0.29, 0.717) is 11.3 Å². The second-order valence-electron chi connectivity index (χ2n) is 15.8. The standard InChI is InChI=1S/C21H25.C13H8Cl2.C11H17.2ClH.Zr/c1-20(2,3)16-9-7-14-11-15-8-10-17(21(4,5)6)13-19(15)18(14)12-16;14-12-5-1-10(2-6-12)9-11-3-7-13(15)8-4-11;1-5-9-6-7-10(8-9)11(2,3)4;;;/h7-13H,1-6H3;1-8H;7-9H,5H2,1-4H3;2*1H;/q-1;;-1;;;+2/p-2. The molecule has 5 aromatic carbocycles. The van der Waals surface area contributed by atoms with Crippen molar-refractivity contribution >= 4 is 48.0 Å². The molecule has 0 heterocycles. The third-order valence-corrected chi connectivity index (χ3v) is 10.8. The Balaban J connectivity index is 0.000000268. The fourth-order valence-electron chi connectivity index (χ4n) is 5.54. The predicted octanol–water partition coefficient (Wildman–Crippen LogP) is 7.78. The average molecular weight is 824 g/mol. The second-order valence-corrected chi connectivity index (χ2v) is 17.9. The molecule has 0 nitrogen and oxygen atoms in total. The molecule has 264 valence electrons. The van der Waals surface area contributed by atoms with Crippen LogP contribution in [0.25, 0.3) is 21.5 Å². The Morgan fingerprint density at radius 3 is 1.34 bits per heavy atom. The molecule has 1 aliphatic carbocycles. The molecular formula is C45H50Cl4Zr-2. The summed E-state index contributed by atoms with van der Waals surface area (Å²) < 4.78 is 1.31. The van der Waals surface area contributed by atoms with Gasteiger partial charge in [-0.25, -0.2) is 6.08 Å². The molecular weight excluding hydrogens is 774 g/mol. The number of halogens is 4. The smallest absolute Gasteiger partial charge is 1.00 e. The number of fused-ring (bicyclic) bond motifs is 3. The van der Waals surface area contributed by atoms with Gasteiger partial charge in [0, 0.05) is 0 Å². The Morgan fingerprint density at radius 2 is 1.04 bits per heavy atom. The molecule has 1 unspecified atom stereocenters. The van der Waals surface area contributed by atoms with Crippen LogP contribution in [0, 0.1) is 17.4 Å². The first-order chi connectivity index (χ1) is 22.4. The van der Waals surface area contributed by atoms with E-state index in [9.17, 15) is 0 Å². The van der Waals surface area contributed by atoms with Gasteiger partial charge in [-0.3, -0.25) is 6.08 Å². The van der Waals surface area contributed by atoms with Crippen molar-refractivity contribution in [2.45, 2.75) is 86.5 Å². The summed E-state index contributed by atoms with van der Waals surface area (Å²) in [5, 5.41) is 7.02. The summed E-state index contributed by atoms with van der Waals surface area (Å²) in [6.45, 7) is 22.6. The van der Waals surface area contributed by atoms with Crippen LogP contribution in [0.1, 0.15) is 97.9 Å². The van der Waals surface area contributed by atoms with Crippen molar-refractivity contribution in [3.63, 3.8) is 0 Å². The Hall–Kier alpha value is -1.86. The largest absolute Gasteiger partial charge is 1.00 e. The van der Waals surface area contributed by atoms with Gasteiger partial charge in [-0.1, -0.05) is 122 Å². The van der Waals surface area contributed by atoms with Gasteiger partial charge >= 0.3 is 120 Å². The Labute approximate surface area is 339 Å². The SMILES string of the molecule is CC(C)(C)c1ccc2[cH-]c3ccc(C(C)(C)C)cc3c2c1.CCC1[C-]=CC(C(C)(C)C)=C1.Clc1ccc([C](=[Zr+2])c2ccc(Cl)cc2)cc1.[Cl-].[Cl-]. The van der Waals surface area contributed by atoms with E-state index in [1.165, 1.54) is 83.2 Å².